The van der Waals surface area contributed by atoms with E-state index in [2.05, 4.69) is 31.2 Å². The summed E-state index contributed by atoms with van der Waals surface area (Å²) < 4.78 is 0. The maximum atomic E-state index is 6.09. The number of nitrogens with zero attached hydrogens (tertiary/aromatic N) is 3. The zero-order chi connectivity index (χ0) is 23.9. The van der Waals surface area contributed by atoms with Crippen LogP contribution in [0.2, 0.25) is 0 Å². The van der Waals surface area contributed by atoms with Gasteiger partial charge in [0.25, 0.3) is 0 Å². The second-order valence-electron chi connectivity index (χ2n) is 11.8. The van der Waals surface area contributed by atoms with Gasteiger partial charge in [-0.2, -0.15) is 9.97 Å². The zero-order valence-corrected chi connectivity index (χ0v) is 21.7. The molecule has 0 amide bonds. The lowest BCUT2D eigenvalue weighted by atomic mass is 9.82. The minimum Gasteiger partial charge on any atom is -0.383 e. The van der Waals surface area contributed by atoms with Crippen molar-refractivity contribution in [3.8, 4) is 0 Å². The van der Waals surface area contributed by atoms with E-state index in [1.54, 1.807) is 0 Å². The number of nitrogen functional groups attached to an aromatic ring is 1. The van der Waals surface area contributed by atoms with Gasteiger partial charge in [-0.15, -0.1) is 0 Å². The summed E-state index contributed by atoms with van der Waals surface area (Å²) in [7, 11) is 0. The van der Waals surface area contributed by atoms with Gasteiger partial charge < -0.3 is 31.9 Å². The molecule has 8 nitrogen and oxygen atoms in total. The minimum absolute atomic E-state index is 0.549. The molecular weight excluding hydrogens is 436 g/mol. The topological polar surface area (TPSA) is 103 Å². The third-order valence-electron chi connectivity index (χ3n) is 8.95. The molecule has 1 aliphatic heterocycles. The first-order valence-electron chi connectivity index (χ1n) is 14.5. The molecule has 196 valence electrons. The van der Waals surface area contributed by atoms with Crippen LogP contribution in [-0.4, -0.2) is 68.4 Å². The maximum Gasteiger partial charge on any atom is 0.226 e. The van der Waals surface area contributed by atoms with E-state index in [-0.39, 0.29) is 0 Å². The van der Waals surface area contributed by atoms with Crippen LogP contribution in [0, 0.1) is 17.3 Å². The molecule has 5 rings (SSSR count). The van der Waals surface area contributed by atoms with Crippen LogP contribution in [-0.2, 0) is 0 Å². The molecule has 1 aromatic heterocycles. The number of aromatic nitrogens is 2. The van der Waals surface area contributed by atoms with E-state index in [0.29, 0.717) is 23.1 Å². The highest BCUT2D eigenvalue weighted by atomic mass is 15.3. The third-order valence-corrected chi connectivity index (χ3v) is 8.95. The van der Waals surface area contributed by atoms with Crippen LogP contribution in [0.15, 0.2) is 6.07 Å². The Kier molecular flexibility index (Phi) is 8.63. The Balaban J connectivity index is 0.977. The van der Waals surface area contributed by atoms with Crippen molar-refractivity contribution in [1.29, 1.82) is 0 Å². The Labute approximate surface area is 212 Å². The van der Waals surface area contributed by atoms with Gasteiger partial charge in [-0.05, 0) is 75.2 Å². The molecule has 8 heteroatoms. The summed E-state index contributed by atoms with van der Waals surface area (Å²) in [6, 6.07) is 2.68. The second kappa shape index (κ2) is 12.1. The molecule has 0 atom stereocenters. The number of hydrogen-bond acceptors (Lipinski definition) is 8. The van der Waals surface area contributed by atoms with Gasteiger partial charge in [-0.1, -0.05) is 19.3 Å². The summed E-state index contributed by atoms with van der Waals surface area (Å²) in [5, 5.41) is 14.6. The summed E-state index contributed by atoms with van der Waals surface area (Å²) in [6.07, 6.45) is 15.1. The van der Waals surface area contributed by atoms with Crippen molar-refractivity contribution in [2.75, 3.05) is 68.3 Å². The molecule has 0 spiro atoms. The van der Waals surface area contributed by atoms with Gasteiger partial charge in [0.1, 0.15) is 11.6 Å². The van der Waals surface area contributed by atoms with Crippen LogP contribution in [0.4, 0.5) is 17.6 Å². The number of nitrogens with two attached hydrogens (primary N) is 1. The Bertz CT molecular complexity index is 777. The van der Waals surface area contributed by atoms with E-state index >= 15 is 0 Å². The predicted molar refractivity (Wildman–Crippen MR) is 145 cm³/mol. The van der Waals surface area contributed by atoms with Crippen molar-refractivity contribution in [2.45, 2.75) is 76.7 Å². The van der Waals surface area contributed by atoms with E-state index in [4.69, 9.17) is 10.7 Å². The molecule has 3 aliphatic carbocycles. The van der Waals surface area contributed by atoms with E-state index in [0.717, 1.165) is 50.5 Å². The Hall–Kier alpha value is -1.64. The fourth-order valence-corrected chi connectivity index (χ4v) is 6.26. The number of nitrogens with one attached hydrogen (secondary N) is 4. The largest absolute Gasteiger partial charge is 0.383 e. The first kappa shape index (κ1) is 25.0. The van der Waals surface area contributed by atoms with Gasteiger partial charge >= 0.3 is 0 Å². The fraction of sp³-hybridized carbons (Fsp3) is 0.852. The molecule has 1 aromatic rings. The lowest BCUT2D eigenvalue weighted by Crippen LogP contribution is -2.44. The van der Waals surface area contributed by atoms with Crippen molar-refractivity contribution in [3.63, 3.8) is 0 Å². The fourth-order valence-electron chi connectivity index (χ4n) is 6.26. The maximum absolute atomic E-state index is 6.09. The van der Waals surface area contributed by atoms with E-state index in [9.17, 15) is 0 Å². The van der Waals surface area contributed by atoms with Crippen LogP contribution >= 0.6 is 0 Å². The normalized spacial score (nSPS) is 27.0. The Morgan fingerprint density at radius 1 is 0.914 bits per heavy atom. The molecule has 2 heterocycles. The highest BCUT2D eigenvalue weighted by Crippen LogP contribution is 2.44. The van der Waals surface area contributed by atoms with Gasteiger partial charge in [-0.25, -0.2) is 0 Å². The second-order valence-corrected chi connectivity index (χ2v) is 11.8. The molecule has 0 unspecified atom stereocenters. The first-order valence-corrected chi connectivity index (χ1v) is 14.5. The van der Waals surface area contributed by atoms with E-state index in [1.807, 2.05) is 6.07 Å². The minimum atomic E-state index is 0.549. The molecule has 1 saturated heterocycles. The summed E-state index contributed by atoms with van der Waals surface area (Å²) in [5.41, 5.74) is 6.64. The lowest BCUT2D eigenvalue weighted by Gasteiger charge is -2.30. The van der Waals surface area contributed by atoms with Gasteiger partial charge in [-0.3, -0.25) is 0 Å². The van der Waals surface area contributed by atoms with Crippen molar-refractivity contribution in [1.82, 2.24) is 25.9 Å². The van der Waals surface area contributed by atoms with Crippen LogP contribution < -0.4 is 31.9 Å². The lowest BCUT2D eigenvalue weighted by molar-refractivity contribution is 0.267. The smallest absolute Gasteiger partial charge is 0.226 e. The predicted octanol–water partition coefficient (Wildman–Crippen LogP) is 2.98. The highest BCUT2D eigenvalue weighted by molar-refractivity contribution is 5.51. The SMILES string of the molecule is Nc1cc(N2CCNCC2)nc(NCC2CCC(CNCC3(CNC4CCCCC4)CC3)CC2)n1. The van der Waals surface area contributed by atoms with Gasteiger partial charge in [0.05, 0.1) is 0 Å². The zero-order valence-electron chi connectivity index (χ0n) is 21.7. The number of rotatable bonds is 11. The molecule has 0 bridgehead atoms. The molecule has 0 aromatic carbocycles. The summed E-state index contributed by atoms with van der Waals surface area (Å²) in [6.45, 7) is 8.48. The standard InChI is InChI=1S/C27H48N8/c28-24-16-25(35-14-12-29-13-15-35)34-26(33-24)31-18-22-8-6-21(7-9-22)17-30-19-27(10-11-27)20-32-23-4-2-1-3-5-23/h16,21-23,29-30,32H,1-15,17-20H2,(H3,28,31,33,34). The number of anilines is 3. The van der Waals surface area contributed by atoms with Crippen molar-refractivity contribution in [2.24, 2.45) is 17.3 Å². The van der Waals surface area contributed by atoms with E-state index in [1.165, 1.54) is 90.3 Å². The average molecular weight is 485 g/mol. The van der Waals surface area contributed by atoms with Crippen LogP contribution in [0.3, 0.4) is 0 Å². The van der Waals surface area contributed by atoms with Gasteiger partial charge in [0, 0.05) is 57.9 Å². The summed E-state index contributed by atoms with van der Waals surface area (Å²) in [4.78, 5) is 11.5. The van der Waals surface area contributed by atoms with Crippen molar-refractivity contribution < 1.29 is 0 Å². The Morgan fingerprint density at radius 2 is 1.63 bits per heavy atom. The Morgan fingerprint density at radius 3 is 2.34 bits per heavy atom. The molecular formula is C27H48N8. The van der Waals surface area contributed by atoms with Crippen molar-refractivity contribution >= 4 is 17.6 Å². The first-order chi connectivity index (χ1) is 17.2. The molecule has 4 aliphatic rings. The third kappa shape index (κ3) is 7.43. The molecule has 4 fully saturated rings. The average Bonchev–Trinajstić information content (AvgIpc) is 3.68. The highest BCUT2D eigenvalue weighted by Gasteiger charge is 2.42. The van der Waals surface area contributed by atoms with Crippen LogP contribution in [0.25, 0.3) is 0 Å². The quantitative estimate of drug-likeness (QED) is 0.327. The molecule has 6 N–H and O–H groups in total. The molecule has 0 radical (unpaired) electrons. The van der Waals surface area contributed by atoms with E-state index < -0.39 is 0 Å². The van der Waals surface area contributed by atoms with Gasteiger partial charge in [0.2, 0.25) is 5.95 Å². The van der Waals surface area contributed by atoms with Crippen LogP contribution in [0.1, 0.15) is 70.6 Å². The summed E-state index contributed by atoms with van der Waals surface area (Å²) >= 11 is 0. The number of hydrogen-bond donors (Lipinski definition) is 5. The summed E-state index contributed by atoms with van der Waals surface area (Å²) in [5.74, 6) is 3.70. The van der Waals surface area contributed by atoms with Crippen LogP contribution in [0.5, 0.6) is 0 Å². The number of piperazine rings is 1. The van der Waals surface area contributed by atoms with Gasteiger partial charge in [0.15, 0.2) is 0 Å². The monoisotopic (exact) mass is 484 g/mol. The molecule has 35 heavy (non-hydrogen) atoms. The molecule has 3 saturated carbocycles. The van der Waals surface area contributed by atoms with Crippen molar-refractivity contribution in [3.05, 3.63) is 6.07 Å².